The smallest absolute Gasteiger partial charge is 0.250 e. The summed E-state index contributed by atoms with van der Waals surface area (Å²) in [5.74, 6) is 1.37. The van der Waals surface area contributed by atoms with Gasteiger partial charge in [-0.05, 0) is 38.5 Å². The van der Waals surface area contributed by atoms with E-state index in [4.69, 9.17) is 5.11 Å². The lowest BCUT2D eigenvalue weighted by atomic mass is 10.0. The summed E-state index contributed by atoms with van der Waals surface area (Å²) < 4.78 is 0. The predicted octanol–water partition coefficient (Wildman–Crippen LogP) is -1.31. The maximum absolute atomic E-state index is 9.97. The van der Waals surface area contributed by atoms with Gasteiger partial charge < -0.3 is 35.3 Å². The van der Waals surface area contributed by atoms with Crippen LogP contribution in [0.2, 0.25) is 0 Å². The lowest BCUT2D eigenvalue weighted by Gasteiger charge is -2.30. The molecule has 4 atom stereocenters. The summed E-state index contributed by atoms with van der Waals surface area (Å²) >= 11 is 0. The van der Waals surface area contributed by atoms with Crippen LogP contribution in [0.4, 0.5) is 17.8 Å². The minimum absolute atomic E-state index is 0.213. The first-order chi connectivity index (χ1) is 15.0. The normalized spacial score (nSPS) is 21.7. The summed E-state index contributed by atoms with van der Waals surface area (Å²) in [4.78, 5) is 17.8. The maximum Gasteiger partial charge on any atom is 0.250 e. The van der Waals surface area contributed by atoms with Gasteiger partial charge in [-0.2, -0.15) is 20.1 Å². The van der Waals surface area contributed by atoms with Crippen molar-refractivity contribution >= 4 is 24.1 Å². The summed E-state index contributed by atoms with van der Waals surface area (Å²) in [6, 6.07) is 0. The molecule has 31 heavy (non-hydrogen) atoms. The Labute approximate surface area is 181 Å². The number of nitrogens with one attached hydrogen (secondary N) is 1. The van der Waals surface area contributed by atoms with Crippen LogP contribution < -0.4 is 15.2 Å². The number of hydrogen-bond acceptors (Lipinski definition) is 12. The van der Waals surface area contributed by atoms with E-state index < -0.39 is 31.0 Å². The van der Waals surface area contributed by atoms with Crippen LogP contribution >= 0.6 is 0 Å². The van der Waals surface area contributed by atoms with E-state index >= 15 is 0 Å². The van der Waals surface area contributed by atoms with Crippen molar-refractivity contribution in [1.82, 2.24) is 15.0 Å². The highest BCUT2D eigenvalue weighted by atomic mass is 16.4. The van der Waals surface area contributed by atoms with Gasteiger partial charge in [0.05, 0.1) is 12.8 Å². The van der Waals surface area contributed by atoms with E-state index in [9.17, 15) is 20.4 Å². The van der Waals surface area contributed by atoms with Gasteiger partial charge in [-0.25, -0.2) is 5.43 Å². The van der Waals surface area contributed by atoms with Gasteiger partial charge in [-0.3, -0.25) is 0 Å². The number of hydrazone groups is 1. The van der Waals surface area contributed by atoms with Crippen LogP contribution in [0.5, 0.6) is 0 Å². The first-order valence-electron chi connectivity index (χ1n) is 10.9. The number of anilines is 3. The molecule has 0 spiro atoms. The molecule has 3 rings (SSSR count). The monoisotopic (exact) mass is 439 g/mol. The van der Waals surface area contributed by atoms with Gasteiger partial charge in [-0.1, -0.05) is 0 Å². The molecule has 0 saturated carbocycles. The lowest BCUT2D eigenvalue weighted by molar-refractivity contribution is -0.0999. The summed E-state index contributed by atoms with van der Waals surface area (Å²) in [6.07, 6.45) is 1.08. The zero-order valence-electron chi connectivity index (χ0n) is 17.6. The fourth-order valence-electron chi connectivity index (χ4n) is 3.67. The fourth-order valence-corrected chi connectivity index (χ4v) is 3.67. The number of aliphatic hydroxyl groups excluding tert-OH is 5. The van der Waals surface area contributed by atoms with Crippen LogP contribution in [-0.2, 0) is 0 Å². The molecular formula is C19H33N7O5. The first kappa shape index (κ1) is 23.5. The average Bonchev–Trinajstić information content (AvgIpc) is 2.83. The van der Waals surface area contributed by atoms with Crippen molar-refractivity contribution < 1.29 is 25.5 Å². The summed E-state index contributed by atoms with van der Waals surface area (Å²) in [6.45, 7) is 2.76. The Kier molecular flexibility index (Phi) is 8.72. The molecule has 6 N–H and O–H groups in total. The molecule has 0 bridgehead atoms. The second kappa shape index (κ2) is 11.5. The molecule has 0 radical (unpaired) electrons. The van der Waals surface area contributed by atoms with Crippen LogP contribution in [-0.4, -0.2) is 104 Å². The van der Waals surface area contributed by atoms with E-state index in [-0.39, 0.29) is 5.95 Å². The van der Waals surface area contributed by atoms with Gasteiger partial charge in [0.2, 0.25) is 17.8 Å². The average molecular weight is 440 g/mol. The molecule has 174 valence electrons. The van der Waals surface area contributed by atoms with E-state index in [0.717, 1.165) is 58.1 Å². The molecule has 2 fully saturated rings. The molecule has 2 aliphatic heterocycles. The van der Waals surface area contributed by atoms with Gasteiger partial charge in [0.15, 0.2) is 0 Å². The number of piperidine rings is 2. The number of nitrogens with zero attached hydrogens (tertiary/aromatic N) is 6. The van der Waals surface area contributed by atoms with Crippen molar-refractivity contribution in [2.75, 3.05) is 48.0 Å². The van der Waals surface area contributed by atoms with Crippen LogP contribution in [0.15, 0.2) is 5.10 Å². The molecule has 0 unspecified atom stereocenters. The van der Waals surface area contributed by atoms with Crippen LogP contribution in [0, 0.1) is 0 Å². The SMILES string of the molecule is OC[C@@H](O)[C@@H](O)[C@@H](O)[C@@H](O)/C=N\Nc1nc(N2CCCCC2)nc(N2CCCCC2)n1. The molecule has 2 saturated heterocycles. The third-order valence-corrected chi connectivity index (χ3v) is 5.56. The highest BCUT2D eigenvalue weighted by molar-refractivity contribution is 5.64. The predicted molar refractivity (Wildman–Crippen MR) is 115 cm³/mol. The Hall–Kier alpha value is -2.12. The summed E-state index contributed by atoms with van der Waals surface area (Å²) in [5, 5.41) is 51.6. The van der Waals surface area contributed by atoms with Gasteiger partial charge in [-0.15, -0.1) is 0 Å². The quantitative estimate of drug-likeness (QED) is 0.199. The minimum atomic E-state index is -1.72. The second-order valence-electron chi connectivity index (χ2n) is 7.97. The van der Waals surface area contributed by atoms with Crippen LogP contribution in [0.25, 0.3) is 0 Å². The highest BCUT2D eigenvalue weighted by Crippen LogP contribution is 2.22. The molecule has 0 aromatic carbocycles. The Morgan fingerprint density at radius 2 is 1.32 bits per heavy atom. The molecule has 12 heteroatoms. The van der Waals surface area contributed by atoms with Crippen LogP contribution in [0.1, 0.15) is 38.5 Å². The Balaban J connectivity index is 1.72. The molecule has 12 nitrogen and oxygen atoms in total. The summed E-state index contributed by atoms with van der Waals surface area (Å²) in [5.41, 5.74) is 2.66. The number of aromatic nitrogens is 3. The van der Waals surface area contributed by atoms with E-state index in [0.29, 0.717) is 11.9 Å². The summed E-state index contributed by atoms with van der Waals surface area (Å²) in [7, 11) is 0. The molecule has 0 amide bonds. The van der Waals surface area contributed by atoms with Crippen molar-refractivity contribution in [1.29, 1.82) is 0 Å². The number of aliphatic hydroxyl groups is 5. The third-order valence-electron chi connectivity index (χ3n) is 5.56. The largest absolute Gasteiger partial charge is 0.394 e. The van der Waals surface area contributed by atoms with Crippen LogP contribution in [0.3, 0.4) is 0 Å². The molecule has 2 aliphatic rings. The van der Waals surface area contributed by atoms with Gasteiger partial charge >= 0.3 is 0 Å². The van der Waals surface area contributed by atoms with E-state index in [1.807, 2.05) is 0 Å². The van der Waals surface area contributed by atoms with Crippen molar-refractivity contribution in [3.05, 3.63) is 0 Å². The molecule has 1 aromatic heterocycles. The molecular weight excluding hydrogens is 406 g/mol. The highest BCUT2D eigenvalue weighted by Gasteiger charge is 2.29. The topological polar surface area (TPSA) is 171 Å². The standard InChI is InChI=1S/C19H33N7O5/c27-12-14(29)16(31)15(30)13(28)11-20-24-17-21-18(25-7-3-1-4-8-25)23-19(22-17)26-9-5-2-6-10-26/h11,13-16,27-31H,1-10,12H2,(H,21,22,23,24)/b20-11-/t13-,14+,15-,16+/m0/s1. The first-order valence-corrected chi connectivity index (χ1v) is 10.9. The van der Waals surface area contributed by atoms with Crippen molar-refractivity contribution in [3.63, 3.8) is 0 Å². The number of rotatable bonds is 9. The zero-order chi connectivity index (χ0) is 22.2. The van der Waals surface area contributed by atoms with E-state index in [1.54, 1.807) is 0 Å². The molecule has 3 heterocycles. The third kappa shape index (κ3) is 6.43. The maximum atomic E-state index is 9.97. The second-order valence-corrected chi connectivity index (χ2v) is 7.97. The van der Waals surface area contributed by atoms with Crippen molar-refractivity contribution in [3.8, 4) is 0 Å². The Morgan fingerprint density at radius 1 is 0.806 bits per heavy atom. The molecule has 0 aliphatic carbocycles. The van der Waals surface area contributed by atoms with Gasteiger partial charge in [0.1, 0.15) is 24.4 Å². The van der Waals surface area contributed by atoms with E-state index in [2.05, 4.69) is 35.3 Å². The Morgan fingerprint density at radius 3 is 1.81 bits per heavy atom. The zero-order valence-corrected chi connectivity index (χ0v) is 17.6. The molecule has 1 aromatic rings. The van der Waals surface area contributed by atoms with Crippen molar-refractivity contribution in [2.45, 2.75) is 62.9 Å². The van der Waals surface area contributed by atoms with E-state index in [1.165, 1.54) is 12.8 Å². The number of hydrogen-bond donors (Lipinski definition) is 6. The fraction of sp³-hybridized carbons (Fsp3) is 0.789. The van der Waals surface area contributed by atoms with Gasteiger partial charge in [0.25, 0.3) is 0 Å². The Bertz CT molecular complexity index is 677. The van der Waals surface area contributed by atoms with Gasteiger partial charge in [0, 0.05) is 26.2 Å². The minimum Gasteiger partial charge on any atom is -0.394 e. The van der Waals surface area contributed by atoms with Crippen molar-refractivity contribution in [2.24, 2.45) is 5.10 Å². The lowest BCUT2D eigenvalue weighted by Crippen LogP contribution is -2.46.